The highest BCUT2D eigenvalue weighted by atomic mass is 16.3. The fourth-order valence-corrected chi connectivity index (χ4v) is 2.25. The zero-order chi connectivity index (χ0) is 13.7. The molecule has 2 aromatic heterocycles. The van der Waals surface area contributed by atoms with Crippen LogP contribution in [0.25, 0.3) is 22.0 Å². The summed E-state index contributed by atoms with van der Waals surface area (Å²) >= 11 is 0. The van der Waals surface area contributed by atoms with Crippen LogP contribution in [0.4, 0.5) is 0 Å². The first-order valence-electron chi connectivity index (χ1n) is 6.13. The van der Waals surface area contributed by atoms with E-state index >= 15 is 0 Å². The van der Waals surface area contributed by atoms with Gasteiger partial charge >= 0.3 is 0 Å². The molecule has 2 N–H and O–H groups in total. The van der Waals surface area contributed by atoms with E-state index in [1.165, 1.54) is 12.1 Å². The van der Waals surface area contributed by atoms with Crippen LogP contribution < -0.4 is 5.56 Å². The van der Waals surface area contributed by atoms with Crippen LogP contribution in [0, 0.1) is 6.92 Å². The number of nitrogens with one attached hydrogen (secondary N) is 1. The van der Waals surface area contributed by atoms with Crippen molar-refractivity contribution in [1.29, 1.82) is 0 Å². The molecule has 0 saturated heterocycles. The number of hydrogen-bond acceptors (Lipinski definition) is 4. The molecule has 0 spiro atoms. The molecule has 0 bridgehead atoms. The Morgan fingerprint density at radius 3 is 2.79 bits per heavy atom. The normalized spacial score (nSPS) is 11.8. The van der Waals surface area contributed by atoms with Crippen molar-refractivity contribution in [1.82, 2.24) is 9.97 Å². The van der Waals surface area contributed by atoms with E-state index in [0.29, 0.717) is 27.9 Å². The third-order valence-corrected chi connectivity index (χ3v) is 3.16. The number of aromatic nitrogens is 2. The number of H-pyrrole nitrogens is 1. The van der Waals surface area contributed by atoms with Gasteiger partial charge in [-0.1, -0.05) is 13.8 Å². The van der Waals surface area contributed by atoms with Crippen molar-refractivity contribution >= 4 is 22.0 Å². The first kappa shape index (κ1) is 11.8. The predicted octanol–water partition coefficient (Wildman–Crippen LogP) is 2.81. The highest BCUT2D eigenvalue weighted by molar-refractivity contribution is 6.06. The number of hydrogen-bond donors (Lipinski definition) is 2. The van der Waals surface area contributed by atoms with Crippen molar-refractivity contribution in [3.63, 3.8) is 0 Å². The first-order valence-corrected chi connectivity index (χ1v) is 6.13. The third-order valence-electron chi connectivity index (χ3n) is 3.16. The zero-order valence-electron chi connectivity index (χ0n) is 10.9. The van der Waals surface area contributed by atoms with Crippen LogP contribution in [0.15, 0.2) is 21.3 Å². The van der Waals surface area contributed by atoms with Gasteiger partial charge in [0.25, 0.3) is 0 Å². The maximum Gasteiger partial charge on any atom is 0.248 e. The average molecular weight is 258 g/mol. The molecule has 3 rings (SSSR count). The molecule has 3 aromatic rings. The quantitative estimate of drug-likeness (QED) is 0.703. The molecule has 0 aliphatic heterocycles. The Hall–Kier alpha value is -2.30. The maximum absolute atomic E-state index is 11.5. The van der Waals surface area contributed by atoms with Crippen LogP contribution in [0.2, 0.25) is 0 Å². The van der Waals surface area contributed by atoms with Crippen LogP contribution in [-0.4, -0.2) is 15.1 Å². The molecule has 0 fully saturated rings. The number of aryl methyl sites for hydroxylation is 1. The SMILES string of the molecule is Cc1cc(=O)[nH]c2c(O)cc3nc(C(C)C)oc3c12. The van der Waals surface area contributed by atoms with Gasteiger partial charge in [-0.25, -0.2) is 4.98 Å². The summed E-state index contributed by atoms with van der Waals surface area (Å²) in [4.78, 5) is 18.5. The number of pyridine rings is 1. The summed E-state index contributed by atoms with van der Waals surface area (Å²) < 4.78 is 5.77. The minimum absolute atomic E-state index is 0.00639. The van der Waals surface area contributed by atoms with E-state index in [0.717, 1.165) is 5.56 Å². The Morgan fingerprint density at radius 1 is 1.37 bits per heavy atom. The van der Waals surface area contributed by atoms with Crippen LogP contribution in [0.1, 0.15) is 31.2 Å². The molecule has 2 heterocycles. The van der Waals surface area contributed by atoms with Gasteiger partial charge in [-0.05, 0) is 12.5 Å². The lowest BCUT2D eigenvalue weighted by molar-refractivity contribution is 0.480. The molecular weight excluding hydrogens is 244 g/mol. The van der Waals surface area contributed by atoms with Crippen molar-refractivity contribution in [3.8, 4) is 5.75 Å². The minimum atomic E-state index is -0.247. The summed E-state index contributed by atoms with van der Waals surface area (Å²) in [6.07, 6.45) is 0. The van der Waals surface area contributed by atoms with Gasteiger partial charge in [0.1, 0.15) is 11.3 Å². The number of oxazole rings is 1. The Labute approximate surface area is 108 Å². The summed E-state index contributed by atoms with van der Waals surface area (Å²) in [6, 6.07) is 3.00. The topological polar surface area (TPSA) is 79.1 Å². The summed E-state index contributed by atoms with van der Waals surface area (Å²) in [5.74, 6) is 0.784. The molecule has 1 aromatic carbocycles. The maximum atomic E-state index is 11.5. The fraction of sp³-hybridized carbons (Fsp3) is 0.286. The Kier molecular flexibility index (Phi) is 2.38. The Balaban J connectivity index is 2.54. The number of aromatic amines is 1. The van der Waals surface area contributed by atoms with Gasteiger partial charge in [0.05, 0.1) is 10.9 Å². The van der Waals surface area contributed by atoms with Crippen molar-refractivity contribution in [2.75, 3.05) is 0 Å². The van der Waals surface area contributed by atoms with E-state index in [9.17, 15) is 9.90 Å². The van der Waals surface area contributed by atoms with Crippen LogP contribution in [0.5, 0.6) is 5.75 Å². The zero-order valence-corrected chi connectivity index (χ0v) is 10.9. The van der Waals surface area contributed by atoms with Gasteiger partial charge in [-0.15, -0.1) is 0 Å². The first-order chi connectivity index (χ1) is 8.97. The van der Waals surface area contributed by atoms with Crippen LogP contribution >= 0.6 is 0 Å². The van der Waals surface area contributed by atoms with Gasteiger partial charge in [-0.2, -0.15) is 0 Å². The van der Waals surface area contributed by atoms with Gasteiger partial charge in [0, 0.05) is 18.1 Å². The molecule has 98 valence electrons. The van der Waals surface area contributed by atoms with Gasteiger partial charge < -0.3 is 14.5 Å². The van der Waals surface area contributed by atoms with Crippen LogP contribution in [0.3, 0.4) is 0 Å². The molecule has 0 saturated carbocycles. The summed E-state index contributed by atoms with van der Waals surface area (Å²) in [6.45, 7) is 5.79. The molecule has 0 amide bonds. The summed E-state index contributed by atoms with van der Waals surface area (Å²) in [5.41, 5.74) is 2.10. The van der Waals surface area contributed by atoms with Gasteiger partial charge in [0.15, 0.2) is 11.5 Å². The second-order valence-electron chi connectivity index (χ2n) is 5.02. The predicted molar refractivity (Wildman–Crippen MR) is 72.6 cm³/mol. The molecule has 5 heteroatoms. The molecule has 0 unspecified atom stereocenters. The molecule has 0 atom stereocenters. The molecule has 0 aliphatic rings. The van der Waals surface area contributed by atoms with Gasteiger partial charge in [-0.3, -0.25) is 4.79 Å². The fourth-order valence-electron chi connectivity index (χ4n) is 2.25. The molecule has 5 nitrogen and oxygen atoms in total. The van der Waals surface area contributed by atoms with Crippen molar-refractivity contribution in [2.24, 2.45) is 0 Å². The lowest BCUT2D eigenvalue weighted by Gasteiger charge is -2.03. The number of aromatic hydroxyl groups is 1. The number of phenolic OH excluding ortho intramolecular Hbond substituents is 1. The minimum Gasteiger partial charge on any atom is -0.506 e. The number of fused-ring (bicyclic) bond motifs is 3. The van der Waals surface area contributed by atoms with Crippen LogP contribution in [-0.2, 0) is 0 Å². The smallest absolute Gasteiger partial charge is 0.248 e. The lowest BCUT2D eigenvalue weighted by atomic mass is 10.1. The van der Waals surface area contributed by atoms with E-state index < -0.39 is 0 Å². The monoisotopic (exact) mass is 258 g/mol. The molecule has 19 heavy (non-hydrogen) atoms. The highest BCUT2D eigenvalue weighted by Gasteiger charge is 2.16. The molecule has 0 aliphatic carbocycles. The lowest BCUT2D eigenvalue weighted by Crippen LogP contribution is -2.05. The summed E-state index contributed by atoms with van der Waals surface area (Å²) in [5, 5.41) is 10.7. The number of nitrogens with zero attached hydrogens (tertiary/aromatic N) is 1. The molecule has 0 radical (unpaired) electrons. The van der Waals surface area contributed by atoms with E-state index in [1.54, 1.807) is 0 Å². The second-order valence-corrected chi connectivity index (χ2v) is 5.02. The van der Waals surface area contributed by atoms with Gasteiger partial charge in [0.2, 0.25) is 5.56 Å². The average Bonchev–Trinajstić information content (AvgIpc) is 2.72. The third kappa shape index (κ3) is 1.69. The van der Waals surface area contributed by atoms with E-state index in [-0.39, 0.29) is 17.2 Å². The Bertz CT molecular complexity index is 843. The standard InChI is InChI=1S/C14H14N2O3/c1-6(2)14-15-8-5-9(17)12-11(13(8)19-14)7(3)4-10(18)16-12/h4-6,17H,1-3H3,(H,16,18). The number of phenols is 1. The second kappa shape index (κ2) is 3.85. The van der Waals surface area contributed by atoms with E-state index in [2.05, 4.69) is 9.97 Å². The number of benzene rings is 1. The molecular formula is C14H14N2O3. The Morgan fingerprint density at radius 2 is 2.11 bits per heavy atom. The highest BCUT2D eigenvalue weighted by Crippen LogP contribution is 2.34. The van der Waals surface area contributed by atoms with E-state index in [4.69, 9.17) is 4.42 Å². The van der Waals surface area contributed by atoms with Crippen molar-refractivity contribution < 1.29 is 9.52 Å². The summed E-state index contributed by atoms with van der Waals surface area (Å²) in [7, 11) is 0. The largest absolute Gasteiger partial charge is 0.506 e. The number of rotatable bonds is 1. The van der Waals surface area contributed by atoms with Crippen molar-refractivity contribution in [3.05, 3.63) is 33.9 Å². The van der Waals surface area contributed by atoms with E-state index in [1.807, 2.05) is 20.8 Å². The van der Waals surface area contributed by atoms with Crippen molar-refractivity contribution in [2.45, 2.75) is 26.7 Å².